The number of benzene rings is 1. The third-order valence-electron chi connectivity index (χ3n) is 2.98. The topological polar surface area (TPSA) is 70.8 Å². The second kappa shape index (κ2) is 9.23. The Morgan fingerprint density at radius 1 is 1.14 bits per heavy atom. The van der Waals surface area contributed by atoms with Crippen molar-refractivity contribution in [2.45, 2.75) is 39.7 Å². The van der Waals surface area contributed by atoms with Gasteiger partial charge in [-0.1, -0.05) is 13.0 Å². The Kier molecular flexibility index (Phi) is 7.61. The van der Waals surface area contributed by atoms with Crippen molar-refractivity contribution in [3.8, 4) is 11.5 Å². The molecule has 0 aliphatic carbocycles. The van der Waals surface area contributed by atoms with Crippen LogP contribution in [0.25, 0.3) is 0 Å². The van der Waals surface area contributed by atoms with Gasteiger partial charge in [0.2, 0.25) is 0 Å². The van der Waals surface area contributed by atoms with Gasteiger partial charge in [-0.2, -0.15) is 0 Å². The van der Waals surface area contributed by atoms with E-state index in [0.29, 0.717) is 24.7 Å². The second-order valence-electron chi connectivity index (χ2n) is 4.68. The van der Waals surface area contributed by atoms with Gasteiger partial charge < -0.3 is 19.9 Å². The SMILES string of the molecule is CCOC(=O)COc1ccc(CC(N)CC)cc1OCC. The first-order chi connectivity index (χ1) is 10.1. The quantitative estimate of drug-likeness (QED) is 0.708. The number of carbonyl (C=O) groups is 1. The molecule has 118 valence electrons. The number of esters is 1. The summed E-state index contributed by atoms with van der Waals surface area (Å²) in [5.74, 6) is 0.776. The predicted octanol–water partition coefficient (Wildman–Crippen LogP) is 2.31. The van der Waals surface area contributed by atoms with Crippen molar-refractivity contribution < 1.29 is 19.0 Å². The van der Waals surface area contributed by atoms with Gasteiger partial charge in [-0.3, -0.25) is 0 Å². The summed E-state index contributed by atoms with van der Waals surface area (Å²) >= 11 is 0. The lowest BCUT2D eigenvalue weighted by Crippen LogP contribution is -2.21. The number of nitrogens with two attached hydrogens (primary N) is 1. The zero-order valence-corrected chi connectivity index (χ0v) is 13.1. The molecule has 0 saturated carbocycles. The molecule has 0 aliphatic rings. The van der Waals surface area contributed by atoms with E-state index in [4.69, 9.17) is 19.9 Å². The summed E-state index contributed by atoms with van der Waals surface area (Å²) < 4.78 is 15.9. The van der Waals surface area contributed by atoms with E-state index in [9.17, 15) is 4.79 Å². The molecule has 0 fully saturated rings. The van der Waals surface area contributed by atoms with Gasteiger partial charge in [0.15, 0.2) is 18.1 Å². The lowest BCUT2D eigenvalue weighted by atomic mass is 10.0. The largest absolute Gasteiger partial charge is 0.490 e. The molecule has 1 aromatic rings. The molecule has 1 unspecified atom stereocenters. The monoisotopic (exact) mass is 295 g/mol. The van der Waals surface area contributed by atoms with Gasteiger partial charge in [-0.05, 0) is 44.4 Å². The van der Waals surface area contributed by atoms with Gasteiger partial charge in [0.05, 0.1) is 13.2 Å². The van der Waals surface area contributed by atoms with Crippen LogP contribution in [0, 0.1) is 0 Å². The number of hydrogen-bond acceptors (Lipinski definition) is 5. The molecular formula is C16H25NO4. The molecule has 0 radical (unpaired) electrons. The Morgan fingerprint density at radius 2 is 1.90 bits per heavy atom. The standard InChI is InChI=1S/C16H25NO4/c1-4-13(17)9-12-7-8-14(15(10-12)19-5-2)21-11-16(18)20-6-3/h7-8,10,13H,4-6,9,11,17H2,1-3H3. The first kappa shape index (κ1) is 17.3. The molecule has 2 N–H and O–H groups in total. The van der Waals surface area contributed by atoms with E-state index in [1.807, 2.05) is 25.1 Å². The number of carbonyl (C=O) groups excluding carboxylic acids is 1. The highest BCUT2D eigenvalue weighted by molar-refractivity contribution is 5.71. The van der Waals surface area contributed by atoms with Crippen LogP contribution in [0.2, 0.25) is 0 Å². The Morgan fingerprint density at radius 3 is 2.52 bits per heavy atom. The van der Waals surface area contributed by atoms with Crippen molar-refractivity contribution in [1.82, 2.24) is 0 Å². The first-order valence-corrected chi connectivity index (χ1v) is 7.40. The number of hydrogen-bond donors (Lipinski definition) is 1. The fourth-order valence-electron chi connectivity index (χ4n) is 1.85. The van der Waals surface area contributed by atoms with Gasteiger partial charge in [0.25, 0.3) is 0 Å². The van der Waals surface area contributed by atoms with Crippen molar-refractivity contribution in [2.24, 2.45) is 5.73 Å². The maximum absolute atomic E-state index is 11.3. The van der Waals surface area contributed by atoms with E-state index < -0.39 is 5.97 Å². The van der Waals surface area contributed by atoms with Gasteiger partial charge in [0.1, 0.15) is 0 Å². The van der Waals surface area contributed by atoms with Gasteiger partial charge in [-0.15, -0.1) is 0 Å². The highest BCUT2D eigenvalue weighted by atomic mass is 16.6. The van der Waals surface area contributed by atoms with Crippen LogP contribution in [0.1, 0.15) is 32.8 Å². The van der Waals surface area contributed by atoms with Crippen molar-refractivity contribution in [2.75, 3.05) is 19.8 Å². The summed E-state index contributed by atoms with van der Waals surface area (Å²) in [6.45, 7) is 6.47. The molecule has 0 bridgehead atoms. The first-order valence-electron chi connectivity index (χ1n) is 7.40. The van der Waals surface area contributed by atoms with Crippen molar-refractivity contribution in [3.63, 3.8) is 0 Å². The van der Waals surface area contributed by atoms with Crippen molar-refractivity contribution in [1.29, 1.82) is 0 Å². The molecule has 5 nitrogen and oxygen atoms in total. The molecule has 21 heavy (non-hydrogen) atoms. The van der Waals surface area contributed by atoms with Crippen LogP contribution < -0.4 is 15.2 Å². The summed E-state index contributed by atoms with van der Waals surface area (Å²) in [5, 5.41) is 0. The second-order valence-corrected chi connectivity index (χ2v) is 4.68. The number of rotatable bonds is 9. The van der Waals surface area contributed by atoms with E-state index in [0.717, 1.165) is 18.4 Å². The van der Waals surface area contributed by atoms with Crippen molar-refractivity contribution >= 4 is 5.97 Å². The van der Waals surface area contributed by atoms with Crippen LogP contribution in [0.15, 0.2) is 18.2 Å². The van der Waals surface area contributed by atoms with Gasteiger partial charge in [0, 0.05) is 6.04 Å². The van der Waals surface area contributed by atoms with Crippen LogP contribution >= 0.6 is 0 Å². The zero-order valence-electron chi connectivity index (χ0n) is 13.1. The molecule has 0 aliphatic heterocycles. The molecule has 0 amide bonds. The molecule has 0 heterocycles. The summed E-state index contributed by atoms with van der Waals surface area (Å²) in [6, 6.07) is 5.80. The lowest BCUT2D eigenvalue weighted by Gasteiger charge is -2.14. The van der Waals surface area contributed by atoms with Crippen molar-refractivity contribution in [3.05, 3.63) is 23.8 Å². The van der Waals surface area contributed by atoms with Crippen LogP contribution in [-0.4, -0.2) is 31.8 Å². The third-order valence-corrected chi connectivity index (χ3v) is 2.98. The third kappa shape index (κ3) is 6.04. The minimum absolute atomic E-state index is 0.123. The Balaban J connectivity index is 2.76. The normalized spacial score (nSPS) is 11.8. The summed E-state index contributed by atoms with van der Waals surface area (Å²) in [6.07, 6.45) is 1.71. The Bertz CT molecular complexity index is 448. The Labute approximate surface area is 126 Å². The Hall–Kier alpha value is -1.75. The van der Waals surface area contributed by atoms with Crippen LogP contribution in [0.4, 0.5) is 0 Å². The van der Waals surface area contributed by atoms with Gasteiger partial charge in [-0.25, -0.2) is 4.79 Å². The molecule has 1 atom stereocenters. The predicted molar refractivity (Wildman–Crippen MR) is 81.7 cm³/mol. The zero-order chi connectivity index (χ0) is 15.7. The fourth-order valence-corrected chi connectivity index (χ4v) is 1.85. The highest BCUT2D eigenvalue weighted by Gasteiger charge is 2.11. The van der Waals surface area contributed by atoms with Gasteiger partial charge >= 0.3 is 5.97 Å². The summed E-state index contributed by atoms with van der Waals surface area (Å²) in [4.78, 5) is 11.3. The van der Waals surface area contributed by atoms with E-state index >= 15 is 0 Å². The van der Waals surface area contributed by atoms with E-state index in [-0.39, 0.29) is 12.6 Å². The molecular weight excluding hydrogens is 270 g/mol. The van der Waals surface area contributed by atoms with E-state index in [1.54, 1.807) is 6.92 Å². The minimum atomic E-state index is -0.392. The molecule has 0 spiro atoms. The lowest BCUT2D eigenvalue weighted by molar-refractivity contribution is -0.145. The van der Waals surface area contributed by atoms with E-state index in [2.05, 4.69) is 6.92 Å². The molecule has 1 rings (SSSR count). The maximum atomic E-state index is 11.3. The molecule has 0 saturated heterocycles. The molecule has 5 heteroatoms. The highest BCUT2D eigenvalue weighted by Crippen LogP contribution is 2.29. The summed E-state index contributed by atoms with van der Waals surface area (Å²) in [7, 11) is 0. The minimum Gasteiger partial charge on any atom is -0.490 e. The van der Waals surface area contributed by atoms with Crippen LogP contribution in [0.5, 0.6) is 11.5 Å². The van der Waals surface area contributed by atoms with Crippen LogP contribution in [-0.2, 0) is 16.0 Å². The average molecular weight is 295 g/mol. The maximum Gasteiger partial charge on any atom is 0.344 e. The average Bonchev–Trinajstić information content (AvgIpc) is 2.47. The molecule has 1 aromatic carbocycles. The molecule has 0 aromatic heterocycles. The number of ether oxygens (including phenoxy) is 3. The van der Waals surface area contributed by atoms with E-state index in [1.165, 1.54) is 0 Å². The fraction of sp³-hybridized carbons (Fsp3) is 0.562. The smallest absolute Gasteiger partial charge is 0.344 e. The summed E-state index contributed by atoms with van der Waals surface area (Å²) in [5.41, 5.74) is 7.06. The van der Waals surface area contributed by atoms with Crippen LogP contribution in [0.3, 0.4) is 0 Å².